The summed E-state index contributed by atoms with van der Waals surface area (Å²) in [5.74, 6) is -2.19. The number of likely N-dealkylation sites (tertiary alicyclic amines) is 1. The predicted octanol–water partition coefficient (Wildman–Crippen LogP) is 8.73. The number of Topliss-reactive ketones (excluding diaryl/α,β-unsaturated/α-hetero) is 1. The molecule has 1 unspecified atom stereocenters. The Hall–Kier alpha value is -2.95. The molecular formula is C33H44FNO3. The summed E-state index contributed by atoms with van der Waals surface area (Å²) in [7, 11) is 0. The maximum absolute atomic E-state index is 14.9. The van der Waals surface area contributed by atoms with Crippen LogP contribution in [0.4, 0.5) is 4.39 Å². The molecule has 206 valence electrons. The van der Waals surface area contributed by atoms with Crippen LogP contribution in [0.15, 0.2) is 60.2 Å². The van der Waals surface area contributed by atoms with Crippen molar-refractivity contribution in [3.8, 4) is 0 Å². The lowest BCUT2D eigenvalue weighted by molar-refractivity contribution is -0.140. The van der Waals surface area contributed by atoms with Crippen molar-refractivity contribution >= 4 is 17.4 Å². The molecule has 1 saturated heterocycles. The fourth-order valence-corrected chi connectivity index (χ4v) is 5.36. The molecule has 1 atom stereocenters. The average Bonchev–Trinajstić information content (AvgIpc) is 3.18. The summed E-state index contributed by atoms with van der Waals surface area (Å²) in [4.78, 5) is 27.5. The smallest absolute Gasteiger partial charge is 0.295 e. The summed E-state index contributed by atoms with van der Waals surface area (Å²) >= 11 is 0. The van der Waals surface area contributed by atoms with Gasteiger partial charge in [-0.25, -0.2) is 4.39 Å². The highest BCUT2D eigenvalue weighted by Gasteiger charge is 2.46. The molecule has 0 spiro atoms. The molecule has 0 aliphatic carbocycles. The first-order chi connectivity index (χ1) is 18.6. The van der Waals surface area contributed by atoms with Crippen LogP contribution in [-0.2, 0) is 9.59 Å². The molecule has 1 aliphatic heterocycles. The third kappa shape index (κ3) is 8.28. The first kappa shape index (κ1) is 29.6. The van der Waals surface area contributed by atoms with Crippen LogP contribution in [0.5, 0.6) is 0 Å². The molecule has 38 heavy (non-hydrogen) atoms. The Balaban J connectivity index is 1.51. The van der Waals surface area contributed by atoms with Gasteiger partial charge in [-0.3, -0.25) is 9.59 Å². The van der Waals surface area contributed by atoms with Gasteiger partial charge in [0.1, 0.15) is 11.6 Å². The number of halogens is 1. The highest BCUT2D eigenvalue weighted by atomic mass is 19.1. The summed E-state index contributed by atoms with van der Waals surface area (Å²) in [6.07, 6.45) is 17.2. The second-order valence-electron chi connectivity index (χ2n) is 10.5. The Bertz CT molecular complexity index is 1050. The van der Waals surface area contributed by atoms with E-state index in [2.05, 4.69) is 6.92 Å². The van der Waals surface area contributed by atoms with E-state index in [9.17, 15) is 19.1 Å². The highest BCUT2D eigenvalue weighted by molar-refractivity contribution is 6.46. The topological polar surface area (TPSA) is 57.6 Å². The van der Waals surface area contributed by atoms with Gasteiger partial charge in [0.05, 0.1) is 11.6 Å². The molecule has 2 aromatic rings. The first-order valence-corrected chi connectivity index (χ1v) is 14.6. The largest absolute Gasteiger partial charge is 0.507 e. The van der Waals surface area contributed by atoms with Crippen molar-refractivity contribution < 1.29 is 19.1 Å². The molecule has 0 radical (unpaired) electrons. The molecule has 1 aliphatic rings. The number of ketones is 1. The molecule has 1 fully saturated rings. The lowest BCUT2D eigenvalue weighted by Gasteiger charge is -2.25. The number of aliphatic hydroxyl groups excluding tert-OH is 1. The maximum Gasteiger partial charge on any atom is 0.295 e. The van der Waals surface area contributed by atoms with Crippen LogP contribution in [0.2, 0.25) is 0 Å². The van der Waals surface area contributed by atoms with Crippen LogP contribution in [0, 0.1) is 5.82 Å². The van der Waals surface area contributed by atoms with E-state index in [4.69, 9.17) is 0 Å². The fourth-order valence-electron chi connectivity index (χ4n) is 5.36. The number of benzene rings is 2. The van der Waals surface area contributed by atoms with Gasteiger partial charge in [0, 0.05) is 17.7 Å². The van der Waals surface area contributed by atoms with Gasteiger partial charge in [0.2, 0.25) is 0 Å². The molecule has 1 N–H and O–H groups in total. The zero-order valence-electron chi connectivity index (χ0n) is 23.0. The zero-order valence-corrected chi connectivity index (χ0v) is 23.0. The molecule has 4 nitrogen and oxygen atoms in total. The van der Waals surface area contributed by atoms with Crippen molar-refractivity contribution in [1.82, 2.24) is 4.90 Å². The van der Waals surface area contributed by atoms with E-state index in [1.54, 1.807) is 48.5 Å². The lowest BCUT2D eigenvalue weighted by atomic mass is 9.95. The zero-order chi connectivity index (χ0) is 27.2. The SMILES string of the molecule is CCCCCCCCCCCCCCCCN1C(=O)C(=O)C(=C(O)c2ccccc2)C1c1ccccc1F. The molecule has 0 bridgehead atoms. The maximum atomic E-state index is 14.9. The van der Waals surface area contributed by atoms with Crippen molar-refractivity contribution in [1.29, 1.82) is 0 Å². The highest BCUT2D eigenvalue weighted by Crippen LogP contribution is 2.40. The van der Waals surface area contributed by atoms with Crippen LogP contribution in [0.3, 0.4) is 0 Å². The summed E-state index contributed by atoms with van der Waals surface area (Å²) in [6.45, 7) is 2.61. The molecule has 5 heteroatoms. The van der Waals surface area contributed by atoms with Crippen LogP contribution < -0.4 is 0 Å². The van der Waals surface area contributed by atoms with Crippen molar-refractivity contribution in [3.63, 3.8) is 0 Å². The number of nitrogens with zero attached hydrogens (tertiary/aromatic N) is 1. The second-order valence-corrected chi connectivity index (χ2v) is 10.5. The Morgan fingerprint density at radius 2 is 1.24 bits per heavy atom. The number of carbonyl (C=O) groups is 2. The van der Waals surface area contributed by atoms with E-state index in [0.717, 1.165) is 19.3 Å². The summed E-state index contributed by atoms with van der Waals surface area (Å²) in [6, 6.07) is 13.9. The summed E-state index contributed by atoms with van der Waals surface area (Å²) < 4.78 is 14.9. The molecule has 0 saturated carbocycles. The summed E-state index contributed by atoms with van der Waals surface area (Å²) in [5.41, 5.74) is 0.620. The molecule has 1 amide bonds. The van der Waals surface area contributed by atoms with Gasteiger partial charge in [-0.05, 0) is 12.5 Å². The van der Waals surface area contributed by atoms with Gasteiger partial charge in [0.25, 0.3) is 11.7 Å². The monoisotopic (exact) mass is 521 g/mol. The summed E-state index contributed by atoms with van der Waals surface area (Å²) in [5, 5.41) is 11.0. The van der Waals surface area contributed by atoms with Crippen molar-refractivity contribution in [2.24, 2.45) is 0 Å². The van der Waals surface area contributed by atoms with Crippen molar-refractivity contribution in [2.45, 2.75) is 103 Å². The van der Waals surface area contributed by atoms with Crippen LogP contribution in [-0.4, -0.2) is 28.2 Å². The molecular weight excluding hydrogens is 477 g/mol. The Morgan fingerprint density at radius 3 is 1.79 bits per heavy atom. The van der Waals surface area contributed by atoms with E-state index in [1.165, 1.54) is 81.6 Å². The number of carbonyl (C=O) groups excluding carboxylic acids is 2. The van der Waals surface area contributed by atoms with Crippen LogP contribution in [0.25, 0.3) is 5.76 Å². The van der Waals surface area contributed by atoms with Gasteiger partial charge >= 0.3 is 0 Å². The Labute approximate surface area is 227 Å². The fraction of sp³-hybridized carbons (Fsp3) is 0.515. The van der Waals surface area contributed by atoms with E-state index in [-0.39, 0.29) is 16.9 Å². The lowest BCUT2D eigenvalue weighted by Crippen LogP contribution is -2.31. The van der Waals surface area contributed by atoms with Gasteiger partial charge in [-0.2, -0.15) is 0 Å². The number of rotatable bonds is 17. The predicted molar refractivity (Wildman–Crippen MR) is 152 cm³/mol. The second kappa shape index (κ2) is 16.1. The Morgan fingerprint density at radius 1 is 0.737 bits per heavy atom. The molecule has 0 aromatic heterocycles. The Kier molecular flexibility index (Phi) is 12.5. The number of hydrogen-bond acceptors (Lipinski definition) is 3. The van der Waals surface area contributed by atoms with Gasteiger partial charge in [-0.1, -0.05) is 139 Å². The van der Waals surface area contributed by atoms with Gasteiger partial charge < -0.3 is 10.0 Å². The molecule has 3 rings (SSSR count). The number of amides is 1. The van der Waals surface area contributed by atoms with Gasteiger partial charge in [-0.15, -0.1) is 0 Å². The normalized spacial score (nSPS) is 16.9. The molecule has 1 heterocycles. The van der Waals surface area contributed by atoms with E-state index in [0.29, 0.717) is 12.1 Å². The standard InChI is InChI=1S/C33H44FNO3/c1-2-3-4-5-6-7-8-9-10-11-12-13-14-20-25-35-30(27-23-18-19-24-28(27)34)29(32(37)33(35)38)31(36)26-21-16-15-17-22-26/h15-19,21-24,30,36H,2-14,20,25H2,1H3. The third-order valence-corrected chi connectivity index (χ3v) is 7.54. The molecule has 2 aromatic carbocycles. The minimum absolute atomic E-state index is 0.0448. The number of hydrogen-bond donors (Lipinski definition) is 1. The van der Waals surface area contributed by atoms with Crippen LogP contribution >= 0.6 is 0 Å². The third-order valence-electron chi connectivity index (χ3n) is 7.54. The minimum Gasteiger partial charge on any atom is -0.507 e. The first-order valence-electron chi connectivity index (χ1n) is 14.6. The van der Waals surface area contributed by atoms with E-state index in [1.807, 2.05) is 0 Å². The van der Waals surface area contributed by atoms with E-state index < -0.39 is 23.5 Å². The quantitative estimate of drug-likeness (QED) is 0.0980. The number of aliphatic hydroxyl groups is 1. The average molecular weight is 522 g/mol. The van der Waals surface area contributed by atoms with Crippen molar-refractivity contribution in [2.75, 3.05) is 6.54 Å². The minimum atomic E-state index is -0.932. The van der Waals surface area contributed by atoms with Crippen molar-refractivity contribution in [3.05, 3.63) is 77.1 Å². The number of unbranched alkanes of at least 4 members (excludes halogenated alkanes) is 13. The van der Waals surface area contributed by atoms with Gasteiger partial charge in [0.15, 0.2) is 0 Å². The van der Waals surface area contributed by atoms with Crippen LogP contribution in [0.1, 0.15) is 114 Å². The van der Waals surface area contributed by atoms with E-state index >= 15 is 0 Å².